The monoisotopic (exact) mass is 475 g/mol. The highest BCUT2D eigenvalue weighted by molar-refractivity contribution is 5.97. The molecule has 0 saturated carbocycles. The number of anilines is 3. The van der Waals surface area contributed by atoms with Crippen LogP contribution in [0.15, 0.2) is 72.8 Å². The minimum absolute atomic E-state index is 0.195. The predicted molar refractivity (Wildman–Crippen MR) is 132 cm³/mol. The second kappa shape index (κ2) is 10.8. The Kier molecular flexibility index (Phi) is 7.40. The maximum Gasteiger partial charge on any atom is 0.340 e. The van der Waals surface area contributed by atoms with Crippen molar-refractivity contribution in [2.24, 2.45) is 0 Å². The Morgan fingerprint density at radius 1 is 0.914 bits per heavy atom. The van der Waals surface area contributed by atoms with Crippen molar-refractivity contribution >= 4 is 34.7 Å². The fourth-order valence-electron chi connectivity index (χ4n) is 3.92. The minimum atomic E-state index is -0.594. The number of carbonyl (C=O) groups is 3. The van der Waals surface area contributed by atoms with Crippen LogP contribution in [0.3, 0.4) is 0 Å². The molecule has 0 radical (unpaired) electrons. The lowest BCUT2D eigenvalue weighted by Crippen LogP contribution is -2.50. The van der Waals surface area contributed by atoms with Crippen LogP contribution in [0.5, 0.6) is 0 Å². The van der Waals surface area contributed by atoms with Crippen LogP contribution in [0.2, 0.25) is 0 Å². The third-order valence-corrected chi connectivity index (χ3v) is 5.85. The number of para-hydroxylation sites is 2. The summed E-state index contributed by atoms with van der Waals surface area (Å²) in [5.41, 5.74) is 2.47. The molecule has 3 aromatic carbocycles. The van der Waals surface area contributed by atoms with Crippen LogP contribution in [0.4, 0.5) is 21.5 Å². The highest BCUT2D eigenvalue weighted by atomic mass is 19.1. The molecule has 1 aliphatic heterocycles. The Hall–Kier alpha value is -4.20. The van der Waals surface area contributed by atoms with Gasteiger partial charge < -0.3 is 19.9 Å². The van der Waals surface area contributed by atoms with E-state index in [0.29, 0.717) is 48.7 Å². The molecule has 3 aromatic rings. The molecular formula is C27H26FN3O4. The van der Waals surface area contributed by atoms with Crippen molar-refractivity contribution in [1.29, 1.82) is 0 Å². The van der Waals surface area contributed by atoms with Gasteiger partial charge in [-0.15, -0.1) is 0 Å². The van der Waals surface area contributed by atoms with E-state index in [4.69, 9.17) is 4.74 Å². The molecule has 0 bridgehead atoms. The minimum Gasteiger partial charge on any atom is -0.452 e. The average Bonchev–Trinajstić information content (AvgIpc) is 2.88. The normalized spacial score (nSPS) is 13.3. The number of carbonyl (C=O) groups excluding carboxylic acids is 3. The number of piperazine rings is 1. The van der Waals surface area contributed by atoms with Crippen molar-refractivity contribution in [2.45, 2.75) is 6.92 Å². The number of esters is 1. The van der Waals surface area contributed by atoms with E-state index < -0.39 is 11.8 Å². The number of halogens is 1. The molecule has 0 atom stereocenters. The molecule has 1 fully saturated rings. The first-order valence-electron chi connectivity index (χ1n) is 11.3. The van der Waals surface area contributed by atoms with Gasteiger partial charge in [-0.25, -0.2) is 9.18 Å². The third-order valence-electron chi connectivity index (χ3n) is 5.85. The molecule has 1 aliphatic rings. The topological polar surface area (TPSA) is 79.0 Å². The molecule has 1 saturated heterocycles. The van der Waals surface area contributed by atoms with E-state index in [1.807, 2.05) is 41.3 Å². The van der Waals surface area contributed by atoms with E-state index in [2.05, 4.69) is 5.32 Å². The smallest absolute Gasteiger partial charge is 0.340 e. The van der Waals surface area contributed by atoms with Gasteiger partial charge >= 0.3 is 5.97 Å². The van der Waals surface area contributed by atoms with Crippen molar-refractivity contribution in [3.63, 3.8) is 0 Å². The molecule has 4 rings (SSSR count). The molecule has 7 nitrogen and oxygen atoms in total. The highest BCUT2D eigenvalue weighted by Crippen LogP contribution is 2.23. The van der Waals surface area contributed by atoms with Crippen LogP contribution in [0.25, 0.3) is 0 Å². The SMILES string of the molecule is CC(=O)c1ccc(N2CCN(C(=O)COC(=O)c3ccccc3Nc3ccccc3)CC2)c(F)c1. The van der Waals surface area contributed by atoms with Crippen molar-refractivity contribution in [3.8, 4) is 0 Å². The van der Waals surface area contributed by atoms with E-state index in [0.717, 1.165) is 5.69 Å². The first-order valence-corrected chi connectivity index (χ1v) is 11.3. The van der Waals surface area contributed by atoms with E-state index in [9.17, 15) is 18.8 Å². The molecule has 1 amide bonds. The Balaban J connectivity index is 1.31. The molecule has 35 heavy (non-hydrogen) atoms. The molecule has 0 unspecified atom stereocenters. The van der Waals surface area contributed by atoms with Gasteiger partial charge in [-0.3, -0.25) is 9.59 Å². The summed E-state index contributed by atoms with van der Waals surface area (Å²) in [5.74, 6) is -1.56. The van der Waals surface area contributed by atoms with Crippen LogP contribution in [0.1, 0.15) is 27.6 Å². The van der Waals surface area contributed by atoms with Gasteiger partial charge in [-0.05, 0) is 49.4 Å². The second-order valence-corrected chi connectivity index (χ2v) is 8.20. The van der Waals surface area contributed by atoms with Crippen LogP contribution < -0.4 is 10.2 Å². The van der Waals surface area contributed by atoms with Gasteiger partial charge in [0.1, 0.15) is 5.82 Å². The number of ketones is 1. The average molecular weight is 476 g/mol. The molecule has 0 aliphatic carbocycles. The van der Waals surface area contributed by atoms with Gasteiger partial charge in [0.15, 0.2) is 12.4 Å². The summed E-state index contributed by atoms with van der Waals surface area (Å²) in [6, 6.07) is 20.8. The number of ether oxygens (including phenoxy) is 1. The van der Waals surface area contributed by atoms with E-state index in [1.54, 1.807) is 35.2 Å². The van der Waals surface area contributed by atoms with Gasteiger partial charge in [0.2, 0.25) is 0 Å². The van der Waals surface area contributed by atoms with E-state index in [1.165, 1.54) is 13.0 Å². The predicted octanol–water partition coefficient (Wildman–Crippen LogP) is 4.28. The summed E-state index contributed by atoms with van der Waals surface area (Å²) in [5, 5.41) is 3.19. The van der Waals surface area contributed by atoms with Crippen molar-refractivity contribution in [3.05, 3.63) is 89.7 Å². The van der Waals surface area contributed by atoms with Gasteiger partial charge in [-0.1, -0.05) is 30.3 Å². The van der Waals surface area contributed by atoms with Crippen molar-refractivity contribution < 1.29 is 23.5 Å². The van der Waals surface area contributed by atoms with Crippen molar-refractivity contribution in [1.82, 2.24) is 4.90 Å². The highest BCUT2D eigenvalue weighted by Gasteiger charge is 2.24. The standard InChI is InChI=1S/C27H26FN3O4/c1-19(32)20-11-12-25(23(28)17-20)30-13-15-31(16-14-30)26(33)18-35-27(34)22-9-5-6-10-24(22)29-21-7-3-2-4-8-21/h2-12,17,29H,13-16,18H2,1H3. The Labute approximate surface area is 203 Å². The molecule has 0 aromatic heterocycles. The molecule has 1 heterocycles. The number of hydrogen-bond acceptors (Lipinski definition) is 6. The summed E-state index contributed by atoms with van der Waals surface area (Å²) in [7, 11) is 0. The summed E-state index contributed by atoms with van der Waals surface area (Å²) in [6.07, 6.45) is 0. The summed E-state index contributed by atoms with van der Waals surface area (Å²) >= 11 is 0. The van der Waals surface area contributed by atoms with Gasteiger partial charge in [-0.2, -0.15) is 0 Å². The van der Waals surface area contributed by atoms with Gasteiger partial charge in [0.05, 0.1) is 16.9 Å². The lowest BCUT2D eigenvalue weighted by molar-refractivity contribution is -0.134. The lowest BCUT2D eigenvalue weighted by atomic mass is 10.1. The quantitative estimate of drug-likeness (QED) is 0.406. The Bertz CT molecular complexity index is 1220. The summed E-state index contributed by atoms with van der Waals surface area (Å²) in [6.45, 7) is 2.62. The second-order valence-electron chi connectivity index (χ2n) is 8.20. The van der Waals surface area contributed by atoms with E-state index >= 15 is 0 Å². The summed E-state index contributed by atoms with van der Waals surface area (Å²) in [4.78, 5) is 40.2. The number of hydrogen-bond donors (Lipinski definition) is 1. The third kappa shape index (κ3) is 5.84. The first-order chi connectivity index (χ1) is 16.9. The number of amides is 1. The largest absolute Gasteiger partial charge is 0.452 e. The number of nitrogens with zero attached hydrogens (tertiary/aromatic N) is 2. The number of rotatable bonds is 7. The van der Waals surface area contributed by atoms with Crippen molar-refractivity contribution in [2.75, 3.05) is 43.0 Å². The maximum atomic E-state index is 14.5. The number of Topliss-reactive ketones (excluding diaryl/α,β-unsaturated/α-hetero) is 1. The maximum absolute atomic E-state index is 14.5. The van der Waals surface area contributed by atoms with Crippen LogP contribution in [0, 0.1) is 5.82 Å². The fraction of sp³-hybridized carbons (Fsp3) is 0.222. The number of benzene rings is 3. The Morgan fingerprint density at radius 3 is 2.29 bits per heavy atom. The molecule has 180 valence electrons. The zero-order valence-electron chi connectivity index (χ0n) is 19.4. The first kappa shape index (κ1) is 23.9. The molecule has 8 heteroatoms. The molecule has 1 N–H and O–H groups in total. The summed E-state index contributed by atoms with van der Waals surface area (Å²) < 4.78 is 19.8. The van der Waals surface area contributed by atoms with Crippen LogP contribution in [-0.2, 0) is 9.53 Å². The molecule has 0 spiro atoms. The van der Waals surface area contributed by atoms with E-state index in [-0.39, 0.29) is 18.3 Å². The zero-order chi connectivity index (χ0) is 24.8. The fourth-order valence-corrected chi connectivity index (χ4v) is 3.92. The number of nitrogens with one attached hydrogen (secondary N) is 1. The molecular weight excluding hydrogens is 449 g/mol. The van der Waals surface area contributed by atoms with Crippen LogP contribution in [-0.4, -0.2) is 55.3 Å². The van der Waals surface area contributed by atoms with Gasteiger partial charge in [0.25, 0.3) is 5.91 Å². The van der Waals surface area contributed by atoms with Gasteiger partial charge in [0, 0.05) is 37.4 Å². The van der Waals surface area contributed by atoms with Crippen LogP contribution >= 0.6 is 0 Å². The zero-order valence-corrected chi connectivity index (χ0v) is 19.4. The Morgan fingerprint density at radius 2 is 1.60 bits per heavy atom. The lowest BCUT2D eigenvalue weighted by Gasteiger charge is -2.36.